The number of imidazole rings is 1. The number of ether oxygens (including phenoxy) is 2. The number of H-pyrrole nitrogens is 1. The Hall–Kier alpha value is -3.15. The van der Waals surface area contributed by atoms with Crippen molar-refractivity contribution in [1.82, 2.24) is 29.1 Å². The molecule has 3 aromatic heterocycles. The third-order valence-electron chi connectivity index (χ3n) is 6.24. The molecule has 0 spiro atoms. The van der Waals surface area contributed by atoms with Crippen LogP contribution in [0, 0.1) is 0 Å². The van der Waals surface area contributed by atoms with E-state index in [2.05, 4.69) is 29.0 Å². The predicted molar refractivity (Wildman–Crippen MR) is 142 cm³/mol. The molecule has 0 bridgehead atoms. The molecule has 2 fully saturated rings. The number of nitrogens with zero attached hydrogens (tertiary/aromatic N) is 5. The van der Waals surface area contributed by atoms with Crippen molar-refractivity contribution in [3.8, 4) is 0 Å². The van der Waals surface area contributed by atoms with Crippen LogP contribution in [0.1, 0.15) is 18.9 Å². The van der Waals surface area contributed by atoms with Crippen LogP contribution < -0.4 is 22.7 Å². The van der Waals surface area contributed by atoms with Gasteiger partial charge in [0.1, 0.15) is 36.5 Å². The molecule has 23 nitrogen and oxygen atoms in total. The molecule has 7 atom stereocenters. The zero-order valence-corrected chi connectivity index (χ0v) is 23.9. The maximum atomic E-state index is 11.7. The lowest BCUT2D eigenvalue weighted by atomic mass is 10.1. The highest BCUT2D eigenvalue weighted by Gasteiger charge is 2.45. The molecule has 0 aliphatic carbocycles. The highest BCUT2D eigenvalue weighted by atomic mass is 31.2. The summed E-state index contributed by atoms with van der Waals surface area (Å²) < 4.78 is 42.9. The van der Waals surface area contributed by atoms with Crippen molar-refractivity contribution in [3.05, 3.63) is 39.4 Å². The summed E-state index contributed by atoms with van der Waals surface area (Å²) in [6.07, 6.45) is -5.53. The number of aliphatic hydroxyl groups excluding tert-OH is 3. The molecule has 25 heteroatoms. The third kappa shape index (κ3) is 8.11. The van der Waals surface area contributed by atoms with Gasteiger partial charge in [-0.15, -0.1) is 0 Å². The van der Waals surface area contributed by atoms with Crippen LogP contribution in [0.4, 0.5) is 11.8 Å². The second-order valence-electron chi connectivity index (χ2n) is 9.37. The van der Waals surface area contributed by atoms with Gasteiger partial charge in [-0.25, -0.2) is 18.9 Å². The maximum absolute atomic E-state index is 11.7. The Morgan fingerprint density at radius 1 is 0.955 bits per heavy atom. The van der Waals surface area contributed by atoms with Gasteiger partial charge in [0.05, 0.1) is 25.6 Å². The number of aromatic amines is 1. The van der Waals surface area contributed by atoms with Crippen molar-refractivity contribution in [2.75, 3.05) is 24.7 Å². The number of rotatable bonds is 8. The first-order valence-corrected chi connectivity index (χ1v) is 15.3. The summed E-state index contributed by atoms with van der Waals surface area (Å²) in [7, 11) is -9.40. The molecule has 0 saturated carbocycles. The van der Waals surface area contributed by atoms with E-state index in [4.69, 9.17) is 40.5 Å². The molecule has 244 valence electrons. The Morgan fingerprint density at radius 3 is 2.20 bits per heavy atom. The van der Waals surface area contributed by atoms with E-state index in [9.17, 15) is 34.0 Å². The molecular formula is C19H28N8O15P2. The fourth-order valence-corrected chi connectivity index (χ4v) is 4.93. The molecule has 2 saturated heterocycles. The fourth-order valence-electron chi connectivity index (χ4n) is 4.25. The van der Waals surface area contributed by atoms with Gasteiger partial charge < -0.3 is 55.8 Å². The SMILES string of the molecule is Nc1ccn(C2O[C@H](COP(=O)(O)O)[C@@H](O)[C@H]2O)c(=O)n1.Nc1nc2c(ncn2C2C[C@H](O)[C@@H](COP(=O)(O)O)O2)c(=O)[nH]1. The fraction of sp³-hybridized carbons (Fsp3) is 0.526. The summed E-state index contributed by atoms with van der Waals surface area (Å²) in [5.41, 5.74) is 9.76. The molecular weight excluding hydrogens is 642 g/mol. The molecule has 0 radical (unpaired) electrons. The molecule has 2 unspecified atom stereocenters. The topological polar surface area (TPSA) is 363 Å². The monoisotopic (exact) mass is 670 g/mol. The molecule has 44 heavy (non-hydrogen) atoms. The van der Waals surface area contributed by atoms with Gasteiger partial charge in [-0.05, 0) is 6.07 Å². The zero-order chi connectivity index (χ0) is 32.6. The molecule has 0 amide bonds. The van der Waals surface area contributed by atoms with Crippen molar-refractivity contribution >= 4 is 38.6 Å². The molecule has 12 N–H and O–H groups in total. The van der Waals surface area contributed by atoms with E-state index in [-0.39, 0.29) is 29.4 Å². The number of aromatic nitrogens is 6. The van der Waals surface area contributed by atoms with E-state index in [0.717, 1.165) is 4.57 Å². The molecule has 2 aliphatic rings. The molecule has 5 rings (SSSR count). The number of phosphoric ester groups is 2. The molecule has 5 heterocycles. The van der Waals surface area contributed by atoms with Crippen molar-refractivity contribution in [1.29, 1.82) is 0 Å². The van der Waals surface area contributed by atoms with E-state index < -0.39 is 83.1 Å². The highest BCUT2D eigenvalue weighted by molar-refractivity contribution is 7.46. The third-order valence-corrected chi connectivity index (χ3v) is 7.21. The Kier molecular flexibility index (Phi) is 10.0. The lowest BCUT2D eigenvalue weighted by Crippen LogP contribution is -2.36. The Balaban J connectivity index is 0.000000202. The van der Waals surface area contributed by atoms with Crippen LogP contribution in [-0.4, -0.2) is 108 Å². The molecule has 3 aromatic rings. The number of hydrogen-bond acceptors (Lipinski definition) is 16. The smallest absolute Gasteiger partial charge is 0.390 e. The number of nitrogen functional groups attached to an aromatic ring is 2. The second-order valence-corrected chi connectivity index (χ2v) is 11.8. The summed E-state index contributed by atoms with van der Waals surface area (Å²) in [5.74, 6) is -0.116. The first kappa shape index (κ1) is 33.7. The highest BCUT2D eigenvalue weighted by Crippen LogP contribution is 2.39. The van der Waals surface area contributed by atoms with E-state index in [1.807, 2.05) is 0 Å². The van der Waals surface area contributed by atoms with Crippen LogP contribution in [0.2, 0.25) is 0 Å². The Bertz CT molecular complexity index is 1690. The van der Waals surface area contributed by atoms with Gasteiger partial charge in [0.15, 0.2) is 17.4 Å². The van der Waals surface area contributed by atoms with Gasteiger partial charge in [-0.3, -0.25) is 28.0 Å². The number of phosphoric acid groups is 2. The van der Waals surface area contributed by atoms with E-state index >= 15 is 0 Å². The minimum atomic E-state index is -4.74. The molecule has 0 aromatic carbocycles. The van der Waals surface area contributed by atoms with Crippen LogP contribution in [0.3, 0.4) is 0 Å². The van der Waals surface area contributed by atoms with Gasteiger partial charge in [-0.2, -0.15) is 9.97 Å². The first-order chi connectivity index (χ1) is 20.4. The summed E-state index contributed by atoms with van der Waals surface area (Å²) in [6, 6.07) is 1.29. The first-order valence-electron chi connectivity index (χ1n) is 12.3. The standard InChI is InChI=1S/C10H14N5O7P.C9H14N3O8P/c11-10-13-8-7(9(17)14-10)12-3-15(8)6-1-4(16)5(22-6)2-21-23(18,19)20;10-5-1-2-12(9(15)11-5)8-7(14)6(13)4(20-8)3-19-21(16,17)18/h3-6,16H,1-2H2,(H2,18,19,20)(H3,11,13,14,17);1-2,4,6-8,13-14H,3H2,(H2,10,11,15)(H2,16,17,18)/t4-,5+,6?;4-,6-,7-,8?/m01/s1. The minimum Gasteiger partial charge on any atom is -0.390 e. The van der Waals surface area contributed by atoms with Gasteiger partial charge in [-0.1, -0.05) is 0 Å². The van der Waals surface area contributed by atoms with Gasteiger partial charge >= 0.3 is 21.3 Å². The lowest BCUT2D eigenvalue weighted by Gasteiger charge is -2.16. The van der Waals surface area contributed by atoms with Crippen molar-refractivity contribution in [2.24, 2.45) is 0 Å². The van der Waals surface area contributed by atoms with Crippen LogP contribution in [-0.2, 0) is 27.7 Å². The zero-order valence-electron chi connectivity index (χ0n) is 22.1. The van der Waals surface area contributed by atoms with E-state index in [1.165, 1.54) is 23.2 Å². The Morgan fingerprint density at radius 2 is 1.59 bits per heavy atom. The molecule has 2 aliphatic heterocycles. The lowest BCUT2D eigenvalue weighted by molar-refractivity contribution is -0.0542. The average molecular weight is 670 g/mol. The Labute approximate surface area is 244 Å². The van der Waals surface area contributed by atoms with Crippen LogP contribution >= 0.6 is 15.6 Å². The summed E-state index contributed by atoms with van der Waals surface area (Å²) in [5, 5.41) is 29.6. The minimum absolute atomic E-state index is 0.0225. The second kappa shape index (κ2) is 13.1. The normalized spacial score (nSPS) is 27.4. The summed E-state index contributed by atoms with van der Waals surface area (Å²) in [6.45, 7) is -1.14. The average Bonchev–Trinajstić information content (AvgIpc) is 3.57. The van der Waals surface area contributed by atoms with Gasteiger partial charge in [0.25, 0.3) is 5.56 Å². The number of anilines is 2. The number of nitrogens with one attached hydrogen (secondary N) is 1. The van der Waals surface area contributed by atoms with Crippen molar-refractivity contribution in [2.45, 2.75) is 49.4 Å². The van der Waals surface area contributed by atoms with E-state index in [0.29, 0.717) is 0 Å². The number of hydrogen-bond donors (Lipinski definition) is 10. The van der Waals surface area contributed by atoms with Gasteiger partial charge in [0, 0.05) is 12.6 Å². The van der Waals surface area contributed by atoms with Crippen LogP contribution in [0.5, 0.6) is 0 Å². The van der Waals surface area contributed by atoms with Crippen molar-refractivity contribution in [3.63, 3.8) is 0 Å². The maximum Gasteiger partial charge on any atom is 0.469 e. The number of aliphatic hydroxyl groups is 3. The van der Waals surface area contributed by atoms with E-state index in [1.54, 1.807) is 0 Å². The number of fused-ring (bicyclic) bond motifs is 1. The predicted octanol–water partition coefficient (Wildman–Crippen LogP) is -3.99. The largest absolute Gasteiger partial charge is 0.469 e. The summed E-state index contributed by atoms with van der Waals surface area (Å²) in [4.78, 5) is 71.6. The van der Waals surface area contributed by atoms with Crippen LogP contribution in [0.25, 0.3) is 11.2 Å². The van der Waals surface area contributed by atoms with Gasteiger partial charge in [0.2, 0.25) is 5.95 Å². The summed E-state index contributed by atoms with van der Waals surface area (Å²) >= 11 is 0. The quantitative estimate of drug-likeness (QED) is 0.102. The number of nitrogens with two attached hydrogens (primary N) is 2. The van der Waals surface area contributed by atoms with Crippen molar-refractivity contribution < 1.29 is 62.5 Å². The van der Waals surface area contributed by atoms with Crippen LogP contribution in [0.15, 0.2) is 28.2 Å².